The van der Waals surface area contributed by atoms with Gasteiger partial charge in [-0.25, -0.2) is 54.2 Å². The Morgan fingerprint density at radius 1 is 0.550 bits per heavy atom. The first-order valence-corrected chi connectivity index (χ1v) is 36.8. The van der Waals surface area contributed by atoms with Gasteiger partial charge in [-0.3, -0.25) is 37.7 Å². The minimum Gasteiger partial charge on any atom is -0.390 e. The van der Waals surface area contributed by atoms with Crippen molar-refractivity contribution in [3.05, 3.63) is 20.7 Å². The number of ether oxygens (including phenoxy) is 2. The standard InChI is InChI=1S/C30H50N10O30P6S4/c31-27-35-23-21(25(43)37-27)33-29(39(23)19-11-15(41)17(65-19)13-63-73(51,52)69-75(55,56)67-71(45,46)47)77-5-9-79(59,60)7-3-1-2-4-8-80(61,62)10-6-78-30-34-22-24(36-28(32)38-26(22)44)40(30)20-12-16(42)18(66-20)14-64-74(53,54)70-76(57,58)68-72(48,49)50/h15-20,41-42H,1-14H2,(H,51,52)(H,53,54)(H,55,56)(H,57,58)(H2,45,46,47)(H2,48,49,50)(H3,31,35,37,43)(H3,32,36,38,44)/t15-,16-,17+,18+,19+,20+/m0/s1. The molecule has 4 unspecified atom stereocenters. The Bertz CT molecular complexity index is 3350. The lowest BCUT2D eigenvalue weighted by Gasteiger charge is -2.20. The van der Waals surface area contributed by atoms with Gasteiger partial charge in [-0.15, -0.1) is 0 Å². The SMILES string of the molecule is Nc1nc2c(nc(SCCS(=O)(=O)CCCCCCS(=O)(=O)CCSc3nc4c(=O)[nH]c(N)nc4n3[C@H]3C[C@H](O)[C@@H](COP(=O)(O)OP(=O)(O)OP(=O)(O)O)O3)n2[C@H]2C[C@H](O)[C@@H](COP(=O)(O)OP(=O)(O)OP(=O)(O)O)O2)c(=O)[nH]1. The zero-order chi connectivity index (χ0) is 59.6. The zero-order valence-corrected chi connectivity index (χ0v) is 48.8. The second-order valence-electron chi connectivity index (χ2n) is 16.8. The van der Waals surface area contributed by atoms with Gasteiger partial charge in [0.25, 0.3) is 11.1 Å². The molecule has 0 aromatic carbocycles. The highest BCUT2D eigenvalue weighted by Gasteiger charge is 2.45. The molecule has 6 rings (SSSR count). The summed E-state index contributed by atoms with van der Waals surface area (Å²) in [6.45, 7) is -2.06. The molecule has 4 aromatic heterocycles. The van der Waals surface area contributed by atoms with E-state index in [-0.39, 0.29) is 93.2 Å². The molecule has 2 aliphatic rings. The average molecular weight is 1340 g/mol. The molecule has 2 aliphatic heterocycles. The topological polar surface area (TPSA) is 626 Å². The minimum absolute atomic E-state index is 0.0463. The van der Waals surface area contributed by atoms with Crippen molar-refractivity contribution in [2.45, 2.75) is 85.7 Å². The highest BCUT2D eigenvalue weighted by Crippen LogP contribution is 2.67. The molecule has 6 heterocycles. The first kappa shape index (κ1) is 66.7. The number of phosphoric ester groups is 2. The molecule has 0 saturated carbocycles. The Morgan fingerprint density at radius 3 is 1.24 bits per heavy atom. The third-order valence-corrected chi connectivity index (χ3v) is 24.1. The molecule has 2 saturated heterocycles. The van der Waals surface area contributed by atoms with Gasteiger partial charge in [0.2, 0.25) is 11.9 Å². The molecule has 0 radical (unpaired) electrons. The Morgan fingerprint density at radius 2 is 0.900 bits per heavy atom. The van der Waals surface area contributed by atoms with Crippen LogP contribution in [0.5, 0.6) is 0 Å². The predicted octanol–water partition coefficient (Wildman–Crippen LogP) is -1.03. The van der Waals surface area contributed by atoms with E-state index in [2.05, 4.69) is 56.2 Å². The van der Waals surface area contributed by atoms with Gasteiger partial charge in [-0.1, -0.05) is 36.4 Å². The number of sulfone groups is 2. The van der Waals surface area contributed by atoms with Crippen LogP contribution in [0, 0.1) is 0 Å². The maximum Gasteiger partial charge on any atom is 0.490 e. The number of imidazole rings is 2. The molecule has 50 heteroatoms. The molecular formula is C30H50N10O30P6S4. The molecule has 0 bridgehead atoms. The number of aliphatic hydroxyl groups is 2. The molecule has 454 valence electrons. The van der Waals surface area contributed by atoms with Crippen LogP contribution in [0.3, 0.4) is 0 Å². The second-order valence-corrected chi connectivity index (χ2v) is 32.4. The van der Waals surface area contributed by atoms with Gasteiger partial charge >= 0.3 is 46.9 Å². The Kier molecular flexibility index (Phi) is 21.7. The Hall–Kier alpha value is -2.44. The van der Waals surface area contributed by atoms with E-state index in [9.17, 15) is 83.6 Å². The van der Waals surface area contributed by atoms with Crippen molar-refractivity contribution in [2.24, 2.45) is 0 Å². The summed E-state index contributed by atoms with van der Waals surface area (Å²) in [6, 6.07) is 0. The molecule has 80 heavy (non-hydrogen) atoms. The van der Waals surface area contributed by atoms with Crippen LogP contribution in [0.4, 0.5) is 11.9 Å². The number of nitrogen functional groups attached to an aromatic ring is 2. The summed E-state index contributed by atoms with van der Waals surface area (Å²) in [5.74, 6) is -2.52. The Labute approximate surface area is 456 Å². The number of nitrogens with one attached hydrogen (secondary N) is 2. The third-order valence-electron chi connectivity index (χ3n) is 10.6. The normalized spacial score (nSPS) is 23.5. The summed E-state index contributed by atoms with van der Waals surface area (Å²) >= 11 is 1.67. The summed E-state index contributed by atoms with van der Waals surface area (Å²) in [5, 5.41) is 21.3. The number of hydrogen-bond donors (Lipinski definition) is 14. The van der Waals surface area contributed by atoms with Crippen LogP contribution in [-0.2, 0) is 82.8 Å². The number of rotatable bonds is 31. The maximum absolute atomic E-state index is 13.1. The summed E-state index contributed by atoms with van der Waals surface area (Å²) in [5.41, 5.74) is 8.95. The molecule has 40 nitrogen and oxygen atoms in total. The molecular weight excluding hydrogens is 1290 g/mol. The number of aliphatic hydroxyl groups excluding tert-OH is 2. The summed E-state index contributed by atoms with van der Waals surface area (Å²) in [6.07, 6.45) is -8.39. The smallest absolute Gasteiger partial charge is 0.390 e. The molecule has 0 spiro atoms. The molecule has 2 fully saturated rings. The van der Waals surface area contributed by atoms with Gasteiger partial charge in [-0.2, -0.15) is 27.2 Å². The highest BCUT2D eigenvalue weighted by atomic mass is 32.2. The van der Waals surface area contributed by atoms with Gasteiger partial charge in [0.1, 0.15) is 24.7 Å². The van der Waals surface area contributed by atoms with Gasteiger partial charge in [0.15, 0.2) is 52.3 Å². The van der Waals surface area contributed by atoms with Gasteiger partial charge in [0.05, 0.1) is 48.4 Å². The summed E-state index contributed by atoms with van der Waals surface area (Å²) < 4.78 is 160. The monoisotopic (exact) mass is 1340 g/mol. The van der Waals surface area contributed by atoms with Gasteiger partial charge in [-0.05, 0) is 12.8 Å². The molecule has 10 atom stereocenters. The lowest BCUT2D eigenvalue weighted by molar-refractivity contribution is -0.0449. The van der Waals surface area contributed by atoms with Crippen molar-refractivity contribution in [3.63, 3.8) is 0 Å². The van der Waals surface area contributed by atoms with E-state index in [1.54, 1.807) is 0 Å². The van der Waals surface area contributed by atoms with E-state index in [0.29, 0.717) is 12.8 Å². The lowest BCUT2D eigenvalue weighted by Crippen LogP contribution is -2.26. The quantitative estimate of drug-likeness (QED) is 0.0163. The van der Waals surface area contributed by atoms with E-state index < -0.39 is 139 Å². The highest BCUT2D eigenvalue weighted by molar-refractivity contribution is 8.01. The van der Waals surface area contributed by atoms with E-state index in [1.807, 2.05) is 0 Å². The largest absolute Gasteiger partial charge is 0.490 e. The van der Waals surface area contributed by atoms with Crippen LogP contribution in [0.2, 0.25) is 0 Å². The second kappa shape index (κ2) is 26.0. The molecule has 0 aliphatic carbocycles. The number of fused-ring (bicyclic) bond motifs is 2. The zero-order valence-electron chi connectivity index (χ0n) is 40.2. The fraction of sp³-hybridized carbons (Fsp3) is 0.667. The van der Waals surface area contributed by atoms with Crippen molar-refractivity contribution in [2.75, 3.05) is 59.2 Å². The van der Waals surface area contributed by atoms with Crippen molar-refractivity contribution < 1.29 is 129 Å². The first-order valence-electron chi connectivity index (χ1n) is 22.2. The first-order chi connectivity index (χ1) is 36.7. The number of thioether (sulfide) groups is 2. The van der Waals surface area contributed by atoms with E-state index in [0.717, 1.165) is 23.5 Å². The van der Waals surface area contributed by atoms with Gasteiger partial charge < -0.3 is 70.3 Å². The van der Waals surface area contributed by atoms with E-state index in [4.69, 9.17) is 40.5 Å². The van der Waals surface area contributed by atoms with Crippen LogP contribution in [0.15, 0.2) is 19.9 Å². The van der Waals surface area contributed by atoms with Crippen LogP contribution in [0.25, 0.3) is 22.3 Å². The number of unbranched alkanes of at least 4 members (excludes halogenated alkanes) is 3. The van der Waals surface area contributed by atoms with Crippen molar-refractivity contribution >= 4 is 124 Å². The van der Waals surface area contributed by atoms with Crippen LogP contribution >= 0.6 is 70.5 Å². The number of aromatic amines is 2. The number of phosphoric acid groups is 6. The number of anilines is 2. The number of nitrogens with zero attached hydrogens (tertiary/aromatic N) is 6. The molecule has 4 aromatic rings. The number of aromatic nitrogens is 8. The summed E-state index contributed by atoms with van der Waals surface area (Å²) in [7, 11) is -41.8. The number of hydrogen-bond acceptors (Lipinski definition) is 30. The number of nitrogens with two attached hydrogens (primary N) is 2. The fourth-order valence-electron chi connectivity index (χ4n) is 7.39. The summed E-state index contributed by atoms with van der Waals surface area (Å²) in [4.78, 5) is 120. The molecule has 16 N–H and O–H groups in total. The van der Waals surface area contributed by atoms with Crippen molar-refractivity contribution in [1.29, 1.82) is 0 Å². The Balaban J connectivity index is 0.971. The minimum atomic E-state index is -5.86. The van der Waals surface area contributed by atoms with E-state index >= 15 is 0 Å². The average Bonchev–Trinajstić information content (AvgIpc) is 4.08. The van der Waals surface area contributed by atoms with Gasteiger partial charge in [0, 0.05) is 24.3 Å². The van der Waals surface area contributed by atoms with E-state index in [1.165, 1.54) is 9.13 Å². The molecule has 0 amide bonds. The van der Waals surface area contributed by atoms with Crippen molar-refractivity contribution in [1.82, 2.24) is 39.0 Å². The van der Waals surface area contributed by atoms with Crippen molar-refractivity contribution in [3.8, 4) is 0 Å². The number of H-pyrrole nitrogens is 2. The lowest BCUT2D eigenvalue weighted by atomic mass is 10.2. The van der Waals surface area contributed by atoms with Crippen LogP contribution in [0.1, 0.15) is 51.0 Å². The van der Waals surface area contributed by atoms with Crippen LogP contribution in [-0.4, -0.2) is 177 Å². The predicted molar refractivity (Wildman–Crippen MR) is 271 cm³/mol. The fourth-order valence-corrected chi connectivity index (χ4v) is 19.2. The maximum atomic E-state index is 13.1. The van der Waals surface area contributed by atoms with Crippen LogP contribution < -0.4 is 22.6 Å². The third kappa shape index (κ3) is 19.6.